The van der Waals surface area contributed by atoms with Gasteiger partial charge in [-0.25, -0.2) is 14.8 Å². The Kier molecular flexibility index (Phi) is 8.26. The lowest BCUT2D eigenvalue weighted by Crippen LogP contribution is -2.10. The highest BCUT2D eigenvalue weighted by molar-refractivity contribution is 7.99. The summed E-state index contributed by atoms with van der Waals surface area (Å²) >= 11 is 1.39. The van der Waals surface area contributed by atoms with Crippen molar-refractivity contribution in [2.24, 2.45) is 0 Å². The van der Waals surface area contributed by atoms with Gasteiger partial charge >= 0.3 is 5.97 Å². The molecule has 6 nitrogen and oxygen atoms in total. The molecule has 1 aromatic heterocycles. The highest BCUT2D eigenvalue weighted by atomic mass is 32.2. The average Bonchev–Trinajstić information content (AvgIpc) is 2.45. The van der Waals surface area contributed by atoms with E-state index in [4.69, 9.17) is 9.47 Å². The number of aromatic nitrogens is 2. The fourth-order valence-electron chi connectivity index (χ4n) is 1.72. The van der Waals surface area contributed by atoms with Gasteiger partial charge in [0.1, 0.15) is 16.4 Å². The molecule has 0 aromatic carbocycles. The van der Waals surface area contributed by atoms with Gasteiger partial charge in [-0.1, -0.05) is 6.92 Å². The fourth-order valence-corrected chi connectivity index (χ4v) is 2.66. The number of carboxylic acids is 1. The second-order valence-electron chi connectivity index (χ2n) is 4.37. The lowest BCUT2D eigenvalue weighted by atomic mass is 10.2. The van der Waals surface area contributed by atoms with Crippen LogP contribution in [0.5, 0.6) is 0 Å². The van der Waals surface area contributed by atoms with Gasteiger partial charge in [0, 0.05) is 32.5 Å². The maximum absolute atomic E-state index is 11.3. The number of aryl methyl sites for hydroxylation is 2. The summed E-state index contributed by atoms with van der Waals surface area (Å²) in [4.78, 5) is 19.8. The first-order valence-corrected chi connectivity index (χ1v) is 7.89. The Labute approximate surface area is 129 Å². The van der Waals surface area contributed by atoms with Crippen molar-refractivity contribution >= 4 is 17.7 Å². The molecule has 0 unspecified atom stereocenters. The van der Waals surface area contributed by atoms with E-state index >= 15 is 0 Å². The van der Waals surface area contributed by atoms with E-state index < -0.39 is 5.97 Å². The van der Waals surface area contributed by atoms with Gasteiger partial charge in [-0.05, 0) is 13.3 Å². The summed E-state index contributed by atoms with van der Waals surface area (Å²) < 4.78 is 10.4. The molecule has 0 bridgehead atoms. The molecule has 7 heteroatoms. The van der Waals surface area contributed by atoms with Crippen LogP contribution in [0, 0.1) is 6.92 Å². The van der Waals surface area contributed by atoms with Crippen molar-refractivity contribution in [3.05, 3.63) is 17.1 Å². The van der Waals surface area contributed by atoms with Gasteiger partial charge in [-0.2, -0.15) is 0 Å². The van der Waals surface area contributed by atoms with Crippen molar-refractivity contribution in [3.8, 4) is 0 Å². The summed E-state index contributed by atoms with van der Waals surface area (Å²) in [5, 5.41) is 9.79. The Morgan fingerprint density at radius 2 is 2.05 bits per heavy atom. The van der Waals surface area contributed by atoms with Gasteiger partial charge in [0.25, 0.3) is 0 Å². The second kappa shape index (κ2) is 9.70. The zero-order valence-electron chi connectivity index (χ0n) is 12.7. The van der Waals surface area contributed by atoms with Gasteiger partial charge in [-0.3, -0.25) is 0 Å². The number of ether oxygens (including phenoxy) is 2. The molecule has 0 aliphatic carbocycles. The SMILES string of the molecule is CCc1nc(C)c(C(=O)O)c(SCCOCCCOC)n1. The molecule has 0 spiro atoms. The predicted molar refractivity (Wildman–Crippen MR) is 81.1 cm³/mol. The lowest BCUT2D eigenvalue weighted by Gasteiger charge is -2.09. The van der Waals surface area contributed by atoms with E-state index in [9.17, 15) is 9.90 Å². The Balaban J connectivity index is 2.56. The third kappa shape index (κ3) is 5.99. The van der Waals surface area contributed by atoms with Crippen LogP contribution in [0.3, 0.4) is 0 Å². The molecular formula is C14H22N2O4S. The van der Waals surface area contributed by atoms with Crippen LogP contribution >= 0.6 is 11.8 Å². The van der Waals surface area contributed by atoms with Crippen LogP contribution in [0.2, 0.25) is 0 Å². The summed E-state index contributed by atoms with van der Waals surface area (Å²) in [5.74, 6) is 0.340. The van der Waals surface area contributed by atoms with Crippen LogP contribution in [-0.2, 0) is 15.9 Å². The predicted octanol–water partition coefficient (Wildman–Crippen LogP) is 2.19. The van der Waals surface area contributed by atoms with E-state index in [1.54, 1.807) is 14.0 Å². The molecule has 0 aliphatic heterocycles. The molecule has 0 amide bonds. The molecule has 0 radical (unpaired) electrons. The average molecular weight is 314 g/mol. The number of thioether (sulfide) groups is 1. The zero-order chi connectivity index (χ0) is 15.7. The lowest BCUT2D eigenvalue weighted by molar-refractivity contribution is 0.0690. The third-order valence-corrected chi connectivity index (χ3v) is 3.68. The molecule has 0 saturated heterocycles. The number of nitrogens with zero attached hydrogens (tertiary/aromatic N) is 2. The zero-order valence-corrected chi connectivity index (χ0v) is 13.5. The van der Waals surface area contributed by atoms with Gasteiger partial charge in [0.15, 0.2) is 0 Å². The van der Waals surface area contributed by atoms with Crippen LogP contribution < -0.4 is 0 Å². The second-order valence-corrected chi connectivity index (χ2v) is 5.45. The number of rotatable bonds is 10. The van der Waals surface area contributed by atoms with E-state index in [-0.39, 0.29) is 5.56 Å². The van der Waals surface area contributed by atoms with Crippen LogP contribution in [0.4, 0.5) is 0 Å². The molecule has 1 rings (SSSR count). The van der Waals surface area contributed by atoms with Gasteiger partial charge in [-0.15, -0.1) is 11.8 Å². The molecular weight excluding hydrogens is 292 g/mol. The van der Waals surface area contributed by atoms with E-state index in [0.29, 0.717) is 48.5 Å². The minimum absolute atomic E-state index is 0.191. The van der Waals surface area contributed by atoms with Crippen molar-refractivity contribution < 1.29 is 19.4 Å². The Morgan fingerprint density at radius 3 is 2.67 bits per heavy atom. The first-order valence-electron chi connectivity index (χ1n) is 6.90. The molecule has 21 heavy (non-hydrogen) atoms. The molecule has 0 aliphatic rings. The monoisotopic (exact) mass is 314 g/mol. The number of methoxy groups -OCH3 is 1. The molecule has 0 atom stereocenters. The highest BCUT2D eigenvalue weighted by Crippen LogP contribution is 2.23. The van der Waals surface area contributed by atoms with E-state index in [0.717, 1.165) is 6.42 Å². The summed E-state index contributed by atoms with van der Waals surface area (Å²) in [5.41, 5.74) is 0.703. The minimum Gasteiger partial charge on any atom is -0.478 e. The number of aromatic carboxylic acids is 1. The van der Waals surface area contributed by atoms with E-state index in [1.165, 1.54) is 11.8 Å². The maximum Gasteiger partial charge on any atom is 0.340 e. The topological polar surface area (TPSA) is 81.5 Å². The maximum atomic E-state index is 11.3. The fraction of sp³-hybridized carbons (Fsp3) is 0.643. The molecule has 118 valence electrons. The largest absolute Gasteiger partial charge is 0.478 e. The standard InChI is InChI=1S/C14H22N2O4S/c1-4-11-15-10(2)12(14(17)18)13(16-11)21-9-8-20-7-5-6-19-3/h4-9H2,1-3H3,(H,17,18). The summed E-state index contributed by atoms with van der Waals surface area (Å²) in [6, 6.07) is 0. The molecule has 1 heterocycles. The van der Waals surface area contributed by atoms with Crippen molar-refractivity contribution in [1.82, 2.24) is 9.97 Å². The van der Waals surface area contributed by atoms with Crippen molar-refractivity contribution in [2.45, 2.75) is 31.7 Å². The molecule has 0 fully saturated rings. The van der Waals surface area contributed by atoms with Crippen LogP contribution in [-0.4, -0.2) is 53.7 Å². The Morgan fingerprint density at radius 1 is 1.29 bits per heavy atom. The minimum atomic E-state index is -0.987. The number of hydrogen-bond donors (Lipinski definition) is 1. The summed E-state index contributed by atoms with van der Waals surface area (Å²) in [6.07, 6.45) is 1.54. The molecule has 1 aromatic rings. The number of carboxylic acid groups (broad SMARTS) is 1. The summed E-state index contributed by atoms with van der Waals surface area (Å²) in [7, 11) is 1.66. The normalized spacial score (nSPS) is 10.8. The van der Waals surface area contributed by atoms with Gasteiger partial charge in [0.05, 0.1) is 12.3 Å². The first-order chi connectivity index (χ1) is 10.1. The van der Waals surface area contributed by atoms with E-state index in [1.807, 2.05) is 6.92 Å². The quantitative estimate of drug-likeness (QED) is 0.403. The van der Waals surface area contributed by atoms with Crippen LogP contribution in [0.1, 0.15) is 35.2 Å². The Hall–Kier alpha value is -1.18. The van der Waals surface area contributed by atoms with Crippen molar-refractivity contribution in [2.75, 3.05) is 32.7 Å². The number of hydrogen-bond acceptors (Lipinski definition) is 6. The van der Waals surface area contributed by atoms with Crippen LogP contribution in [0.15, 0.2) is 5.03 Å². The molecule has 1 N–H and O–H groups in total. The van der Waals surface area contributed by atoms with Crippen LogP contribution in [0.25, 0.3) is 0 Å². The molecule has 0 saturated carbocycles. The van der Waals surface area contributed by atoms with E-state index in [2.05, 4.69) is 9.97 Å². The van der Waals surface area contributed by atoms with Gasteiger partial charge in [0.2, 0.25) is 0 Å². The highest BCUT2D eigenvalue weighted by Gasteiger charge is 2.17. The number of carbonyl (C=O) groups is 1. The van der Waals surface area contributed by atoms with Gasteiger partial charge < -0.3 is 14.6 Å². The van der Waals surface area contributed by atoms with Crippen molar-refractivity contribution in [3.63, 3.8) is 0 Å². The van der Waals surface area contributed by atoms with Crippen molar-refractivity contribution in [1.29, 1.82) is 0 Å². The summed E-state index contributed by atoms with van der Waals surface area (Å²) in [6.45, 7) is 5.53. The Bertz CT molecular complexity index is 469. The smallest absolute Gasteiger partial charge is 0.340 e. The third-order valence-electron chi connectivity index (χ3n) is 2.74. The first kappa shape index (κ1) is 17.9.